The third kappa shape index (κ3) is 2.35. The number of carbonyl (C=O) groups excluding carboxylic acids is 2. The number of nitrogens with zero attached hydrogens (tertiary/aromatic N) is 3. The fourth-order valence-corrected chi connectivity index (χ4v) is 2.10. The number of anilines is 2. The van der Waals surface area contributed by atoms with Crippen LogP contribution < -0.4 is 10.6 Å². The number of nitrogens with one attached hydrogen (secondary N) is 2. The zero-order valence-corrected chi connectivity index (χ0v) is 11.0. The zero-order chi connectivity index (χ0) is 14.1. The van der Waals surface area contributed by atoms with Crippen molar-refractivity contribution in [3.8, 4) is 0 Å². The van der Waals surface area contributed by atoms with E-state index >= 15 is 0 Å². The van der Waals surface area contributed by atoms with E-state index in [0.29, 0.717) is 16.7 Å². The van der Waals surface area contributed by atoms with Gasteiger partial charge in [-0.1, -0.05) is 11.6 Å². The van der Waals surface area contributed by atoms with E-state index < -0.39 is 6.04 Å². The van der Waals surface area contributed by atoms with Crippen LogP contribution in [0.25, 0.3) is 0 Å². The molecular formula is C12H10ClN5O2. The Labute approximate surface area is 118 Å². The average molecular weight is 292 g/mol. The highest BCUT2D eigenvalue weighted by Crippen LogP contribution is 2.24. The van der Waals surface area contributed by atoms with Crippen molar-refractivity contribution in [2.24, 2.45) is 0 Å². The first-order valence-electron chi connectivity index (χ1n) is 5.89. The van der Waals surface area contributed by atoms with Gasteiger partial charge in [-0.25, -0.2) is 4.68 Å². The Kier molecular flexibility index (Phi) is 3.11. The lowest BCUT2D eigenvalue weighted by Crippen LogP contribution is -2.23. The summed E-state index contributed by atoms with van der Waals surface area (Å²) in [5.41, 5.74) is 0.622. The number of benzene rings is 1. The summed E-state index contributed by atoms with van der Waals surface area (Å²) in [5, 5.41) is 9.77. The van der Waals surface area contributed by atoms with E-state index in [9.17, 15) is 9.59 Å². The first-order valence-corrected chi connectivity index (χ1v) is 6.27. The summed E-state index contributed by atoms with van der Waals surface area (Å²) in [7, 11) is 0. The van der Waals surface area contributed by atoms with Crippen LogP contribution in [0.4, 0.5) is 11.6 Å². The quantitative estimate of drug-likeness (QED) is 0.896. The smallest absolute Gasteiger partial charge is 0.252 e. The molecule has 0 saturated carbocycles. The van der Waals surface area contributed by atoms with E-state index in [0.717, 1.165) is 0 Å². The molecule has 0 fully saturated rings. The van der Waals surface area contributed by atoms with Gasteiger partial charge in [0.25, 0.3) is 5.91 Å². The largest absolute Gasteiger partial charge is 0.326 e. The van der Waals surface area contributed by atoms with Gasteiger partial charge in [-0.3, -0.25) is 14.9 Å². The number of halogens is 1. The van der Waals surface area contributed by atoms with Crippen molar-refractivity contribution in [3.05, 3.63) is 35.6 Å². The highest BCUT2D eigenvalue weighted by atomic mass is 35.5. The Morgan fingerprint density at radius 2 is 2.15 bits per heavy atom. The molecule has 1 aliphatic rings. The second-order valence-corrected chi connectivity index (χ2v) is 4.73. The maximum absolute atomic E-state index is 11.9. The number of hydrogen-bond donors (Lipinski definition) is 2. The van der Waals surface area contributed by atoms with Crippen molar-refractivity contribution in [1.82, 2.24) is 14.8 Å². The molecule has 2 aromatic rings. The van der Waals surface area contributed by atoms with Gasteiger partial charge in [-0.05, 0) is 24.3 Å². The molecule has 20 heavy (non-hydrogen) atoms. The average Bonchev–Trinajstić information content (AvgIpc) is 2.96. The van der Waals surface area contributed by atoms with Crippen molar-refractivity contribution in [2.75, 3.05) is 10.6 Å². The predicted molar refractivity (Wildman–Crippen MR) is 72.4 cm³/mol. The van der Waals surface area contributed by atoms with E-state index in [2.05, 4.69) is 20.7 Å². The van der Waals surface area contributed by atoms with Crippen LogP contribution in [0, 0.1) is 0 Å². The predicted octanol–water partition coefficient (Wildman–Crippen LogP) is 1.45. The van der Waals surface area contributed by atoms with Gasteiger partial charge in [-0.15, -0.1) is 0 Å². The number of aromatic nitrogens is 3. The second-order valence-electron chi connectivity index (χ2n) is 4.29. The highest BCUT2D eigenvalue weighted by Gasteiger charge is 2.33. The van der Waals surface area contributed by atoms with Crippen LogP contribution in [0.1, 0.15) is 12.5 Å². The Morgan fingerprint density at radius 1 is 1.40 bits per heavy atom. The van der Waals surface area contributed by atoms with E-state index in [1.165, 1.54) is 11.0 Å². The monoisotopic (exact) mass is 291 g/mol. The molecule has 2 N–H and O–H groups in total. The van der Waals surface area contributed by atoms with Gasteiger partial charge in [0.05, 0.1) is 6.42 Å². The Hall–Kier alpha value is -2.41. The van der Waals surface area contributed by atoms with Crippen LogP contribution in [-0.2, 0) is 9.59 Å². The van der Waals surface area contributed by atoms with Gasteiger partial charge in [0, 0.05) is 10.7 Å². The molecule has 1 aromatic carbocycles. The minimum Gasteiger partial charge on any atom is -0.326 e. The lowest BCUT2D eigenvalue weighted by molar-refractivity contribution is -0.123. The molecule has 2 amide bonds. The van der Waals surface area contributed by atoms with Crippen LogP contribution >= 0.6 is 11.6 Å². The Morgan fingerprint density at radius 3 is 2.90 bits per heavy atom. The molecule has 7 nitrogen and oxygen atoms in total. The SMILES string of the molecule is O=C(CC1C(=O)Nc2ncnn21)Nc1ccc(Cl)cc1. The molecule has 2 heterocycles. The third-order valence-electron chi connectivity index (χ3n) is 2.91. The van der Waals surface area contributed by atoms with E-state index in [1.807, 2.05) is 0 Å². The lowest BCUT2D eigenvalue weighted by atomic mass is 10.2. The van der Waals surface area contributed by atoms with E-state index in [-0.39, 0.29) is 18.2 Å². The van der Waals surface area contributed by atoms with Crippen LogP contribution in [0.5, 0.6) is 0 Å². The van der Waals surface area contributed by atoms with Gasteiger partial charge in [0.15, 0.2) is 0 Å². The number of carbonyl (C=O) groups is 2. The first kappa shape index (κ1) is 12.6. The zero-order valence-electron chi connectivity index (χ0n) is 10.2. The molecule has 1 atom stereocenters. The van der Waals surface area contributed by atoms with Gasteiger partial charge >= 0.3 is 0 Å². The molecule has 0 bridgehead atoms. The number of hydrogen-bond acceptors (Lipinski definition) is 4. The maximum Gasteiger partial charge on any atom is 0.252 e. The molecule has 0 saturated heterocycles. The lowest BCUT2D eigenvalue weighted by Gasteiger charge is -2.09. The van der Waals surface area contributed by atoms with Crippen LogP contribution in [0.3, 0.4) is 0 Å². The van der Waals surface area contributed by atoms with Crippen molar-refractivity contribution in [2.45, 2.75) is 12.5 Å². The van der Waals surface area contributed by atoms with Gasteiger partial charge in [0.1, 0.15) is 12.4 Å². The van der Waals surface area contributed by atoms with Gasteiger partial charge in [-0.2, -0.15) is 10.1 Å². The minimum atomic E-state index is -0.667. The Bertz CT molecular complexity index is 667. The molecular weight excluding hydrogens is 282 g/mol. The summed E-state index contributed by atoms with van der Waals surface area (Å²) < 4.78 is 1.41. The number of fused-ring (bicyclic) bond motifs is 1. The molecule has 0 aliphatic carbocycles. The van der Waals surface area contributed by atoms with Crippen LogP contribution in [0.2, 0.25) is 5.02 Å². The molecule has 0 radical (unpaired) electrons. The molecule has 3 rings (SSSR count). The van der Waals surface area contributed by atoms with Crippen LogP contribution in [0.15, 0.2) is 30.6 Å². The van der Waals surface area contributed by atoms with Crippen molar-refractivity contribution in [3.63, 3.8) is 0 Å². The maximum atomic E-state index is 11.9. The molecule has 102 valence electrons. The first-order chi connectivity index (χ1) is 9.63. The summed E-state index contributed by atoms with van der Waals surface area (Å²) >= 11 is 5.76. The highest BCUT2D eigenvalue weighted by molar-refractivity contribution is 6.30. The minimum absolute atomic E-state index is 0.00911. The fraction of sp³-hybridized carbons (Fsp3) is 0.167. The normalized spacial score (nSPS) is 16.6. The second kappa shape index (κ2) is 4.93. The van der Waals surface area contributed by atoms with Gasteiger partial charge < -0.3 is 5.32 Å². The summed E-state index contributed by atoms with van der Waals surface area (Å²) in [6.45, 7) is 0. The Balaban J connectivity index is 1.68. The summed E-state index contributed by atoms with van der Waals surface area (Å²) in [6.07, 6.45) is 1.32. The number of amides is 2. The molecule has 1 unspecified atom stereocenters. The van der Waals surface area contributed by atoms with E-state index in [1.54, 1.807) is 24.3 Å². The summed E-state index contributed by atoms with van der Waals surface area (Å²) in [6, 6.07) is 6.06. The number of rotatable bonds is 3. The van der Waals surface area contributed by atoms with Gasteiger partial charge in [0.2, 0.25) is 11.9 Å². The molecule has 0 spiro atoms. The topological polar surface area (TPSA) is 88.9 Å². The fourth-order valence-electron chi connectivity index (χ4n) is 1.97. The summed E-state index contributed by atoms with van der Waals surface area (Å²) in [4.78, 5) is 27.5. The van der Waals surface area contributed by atoms with Crippen molar-refractivity contribution in [1.29, 1.82) is 0 Å². The molecule has 8 heteroatoms. The van der Waals surface area contributed by atoms with Crippen molar-refractivity contribution >= 4 is 35.1 Å². The van der Waals surface area contributed by atoms with E-state index in [4.69, 9.17) is 11.6 Å². The summed E-state index contributed by atoms with van der Waals surface area (Å²) in [5.74, 6) is -0.207. The standard InChI is InChI=1S/C12H10ClN5O2/c13-7-1-3-8(4-2-7)16-10(19)5-9-11(20)17-12-14-6-15-18(9)12/h1-4,6,9H,5H2,(H,16,19)(H,14,15,17,20). The van der Waals surface area contributed by atoms with Crippen LogP contribution in [-0.4, -0.2) is 26.6 Å². The third-order valence-corrected chi connectivity index (χ3v) is 3.16. The molecule has 1 aromatic heterocycles. The van der Waals surface area contributed by atoms with Crippen molar-refractivity contribution < 1.29 is 9.59 Å². The molecule has 1 aliphatic heterocycles.